The first-order valence-electron chi connectivity index (χ1n) is 5.58. The van der Waals surface area contributed by atoms with E-state index < -0.39 is 26.2 Å². The quantitative estimate of drug-likeness (QED) is 0.678. The summed E-state index contributed by atoms with van der Waals surface area (Å²) in [6, 6.07) is 2.14. The first-order valence-corrected chi connectivity index (χ1v) is 7.44. The second-order valence-electron chi connectivity index (χ2n) is 5.13. The maximum atomic E-state index is 12.1. The fourth-order valence-corrected chi connectivity index (χ4v) is 2.78. The predicted molar refractivity (Wildman–Crippen MR) is 74.0 cm³/mol. The van der Waals surface area contributed by atoms with Gasteiger partial charge in [-0.15, -0.1) is 0 Å². The Morgan fingerprint density at radius 1 is 1.35 bits per heavy atom. The van der Waals surface area contributed by atoms with Crippen LogP contribution in [0, 0.1) is 17.0 Å². The Hall–Kier alpha value is -1.22. The summed E-state index contributed by atoms with van der Waals surface area (Å²) in [6.07, 6.45) is 0. The second-order valence-corrected chi connectivity index (χ2v) is 7.15. The van der Waals surface area contributed by atoms with E-state index in [0.29, 0.717) is 0 Å². The summed E-state index contributed by atoms with van der Waals surface area (Å²) < 4.78 is 24.2. The average Bonchev–Trinajstić information content (AvgIpc) is 2.24. The molecule has 20 heavy (non-hydrogen) atoms. The number of nitro groups is 1. The summed E-state index contributed by atoms with van der Waals surface area (Å²) in [5.41, 5.74) is -0.932. The van der Waals surface area contributed by atoms with Crippen LogP contribution in [0.1, 0.15) is 26.3 Å². The Labute approximate surface area is 122 Å². The smallest absolute Gasteiger partial charge is 0.281 e. The van der Waals surface area contributed by atoms with E-state index in [-0.39, 0.29) is 15.5 Å². The van der Waals surface area contributed by atoms with Gasteiger partial charge in [0.1, 0.15) is 5.02 Å². The van der Waals surface area contributed by atoms with Gasteiger partial charge in [0.05, 0.1) is 15.4 Å². The largest absolute Gasteiger partial charge is 0.289 e. The summed E-state index contributed by atoms with van der Waals surface area (Å²) in [5, 5.41) is 10.7. The van der Waals surface area contributed by atoms with Crippen LogP contribution in [0.25, 0.3) is 0 Å². The molecular weight excluding hydrogens is 308 g/mol. The second kappa shape index (κ2) is 5.65. The molecule has 0 unspecified atom stereocenters. The molecule has 0 radical (unpaired) electrons. The van der Waals surface area contributed by atoms with E-state index in [1.807, 2.05) is 4.89 Å². The molecule has 0 fully saturated rings. The molecule has 0 spiro atoms. The summed E-state index contributed by atoms with van der Waals surface area (Å²) in [4.78, 5) is 16.7. The third kappa shape index (κ3) is 4.14. The first-order chi connectivity index (χ1) is 8.94. The van der Waals surface area contributed by atoms with E-state index in [1.54, 1.807) is 20.8 Å². The van der Waals surface area contributed by atoms with E-state index in [4.69, 9.17) is 16.4 Å². The van der Waals surface area contributed by atoms with Gasteiger partial charge in [-0.25, -0.2) is 8.42 Å². The van der Waals surface area contributed by atoms with Crippen LogP contribution in [0.4, 0.5) is 5.69 Å². The van der Waals surface area contributed by atoms with Crippen molar-refractivity contribution < 1.29 is 18.2 Å². The first kappa shape index (κ1) is 16.8. The lowest BCUT2D eigenvalue weighted by atomic mass is 10.2. The normalized spacial score (nSPS) is 12.4. The zero-order valence-electron chi connectivity index (χ0n) is 11.4. The van der Waals surface area contributed by atoms with Gasteiger partial charge in [0, 0.05) is 6.07 Å². The van der Waals surface area contributed by atoms with Crippen LogP contribution in [-0.2, 0) is 14.9 Å². The molecule has 0 aliphatic carbocycles. The van der Waals surface area contributed by atoms with Crippen molar-refractivity contribution in [2.45, 2.75) is 38.2 Å². The summed E-state index contributed by atoms with van der Waals surface area (Å²) in [6.45, 7) is 6.47. The van der Waals surface area contributed by atoms with Crippen molar-refractivity contribution in [2.75, 3.05) is 0 Å². The minimum atomic E-state index is -4.03. The van der Waals surface area contributed by atoms with Gasteiger partial charge < -0.3 is 0 Å². The Bertz CT molecular complexity index is 637. The molecule has 1 N–H and O–H groups in total. The highest BCUT2D eigenvalue weighted by molar-refractivity contribution is 7.89. The maximum absolute atomic E-state index is 12.1. The number of nitrogens with zero attached hydrogens (tertiary/aromatic N) is 1. The summed E-state index contributed by atoms with van der Waals surface area (Å²) >= 11 is 5.71. The third-order valence-electron chi connectivity index (χ3n) is 2.19. The zero-order chi connectivity index (χ0) is 15.7. The zero-order valence-corrected chi connectivity index (χ0v) is 13.0. The van der Waals surface area contributed by atoms with Crippen LogP contribution < -0.4 is 4.89 Å². The van der Waals surface area contributed by atoms with Gasteiger partial charge >= 0.3 is 0 Å². The fraction of sp³-hybridized carbons (Fsp3) is 0.455. The lowest BCUT2D eigenvalue weighted by Crippen LogP contribution is -2.33. The molecule has 0 aliphatic rings. The molecule has 0 aromatic heterocycles. The number of rotatable bonds is 4. The molecular formula is C11H15ClN2O5S. The molecule has 7 nitrogen and oxygen atoms in total. The van der Waals surface area contributed by atoms with E-state index in [0.717, 1.165) is 6.07 Å². The van der Waals surface area contributed by atoms with Crippen molar-refractivity contribution in [3.63, 3.8) is 0 Å². The number of hydrogen-bond donors (Lipinski definition) is 1. The standard InChI is InChI=1S/C11H15ClN2O5S/c1-7-5-8(12)9(14(15)16)6-10(7)20(17,18)13-19-11(2,3)4/h5-6,13H,1-4H3. The molecule has 1 rings (SSSR count). The summed E-state index contributed by atoms with van der Waals surface area (Å²) in [7, 11) is -4.03. The topological polar surface area (TPSA) is 98.5 Å². The number of nitro benzene ring substituents is 1. The number of nitrogens with one attached hydrogen (secondary N) is 1. The molecule has 0 aliphatic heterocycles. The highest BCUT2D eigenvalue weighted by Crippen LogP contribution is 2.30. The maximum Gasteiger partial charge on any atom is 0.289 e. The molecule has 0 saturated carbocycles. The van der Waals surface area contributed by atoms with E-state index in [9.17, 15) is 18.5 Å². The Morgan fingerprint density at radius 2 is 1.90 bits per heavy atom. The van der Waals surface area contributed by atoms with Crippen molar-refractivity contribution >= 4 is 27.3 Å². The molecule has 1 aromatic carbocycles. The molecule has 112 valence electrons. The third-order valence-corrected chi connectivity index (χ3v) is 3.81. The highest BCUT2D eigenvalue weighted by Gasteiger charge is 2.25. The fourth-order valence-electron chi connectivity index (χ4n) is 1.30. The van der Waals surface area contributed by atoms with Crippen molar-refractivity contribution in [2.24, 2.45) is 0 Å². The number of benzene rings is 1. The Kier molecular flexibility index (Phi) is 4.75. The molecule has 0 bridgehead atoms. The molecule has 0 heterocycles. The lowest BCUT2D eigenvalue weighted by Gasteiger charge is -2.19. The molecule has 9 heteroatoms. The van der Waals surface area contributed by atoms with Crippen LogP contribution in [0.5, 0.6) is 0 Å². The number of hydrogen-bond acceptors (Lipinski definition) is 5. The highest BCUT2D eigenvalue weighted by atomic mass is 35.5. The minimum absolute atomic E-state index is 0.122. The Balaban J connectivity index is 3.25. The van der Waals surface area contributed by atoms with Crippen LogP contribution in [0.3, 0.4) is 0 Å². The molecule has 0 atom stereocenters. The minimum Gasteiger partial charge on any atom is -0.281 e. The van der Waals surface area contributed by atoms with Gasteiger partial charge in [-0.3, -0.25) is 15.0 Å². The van der Waals surface area contributed by atoms with Crippen molar-refractivity contribution in [3.05, 3.63) is 32.8 Å². The van der Waals surface area contributed by atoms with E-state index in [2.05, 4.69) is 0 Å². The van der Waals surface area contributed by atoms with Gasteiger partial charge in [0.2, 0.25) is 0 Å². The monoisotopic (exact) mass is 322 g/mol. The van der Waals surface area contributed by atoms with Crippen molar-refractivity contribution in [3.8, 4) is 0 Å². The van der Waals surface area contributed by atoms with E-state index in [1.165, 1.54) is 13.0 Å². The van der Waals surface area contributed by atoms with Gasteiger partial charge in [-0.05, 0) is 39.3 Å². The van der Waals surface area contributed by atoms with Crippen LogP contribution in [0.2, 0.25) is 5.02 Å². The van der Waals surface area contributed by atoms with Crippen LogP contribution >= 0.6 is 11.6 Å². The predicted octanol–water partition coefficient (Wildman–Crippen LogP) is 2.57. The van der Waals surface area contributed by atoms with Gasteiger partial charge in [-0.2, -0.15) is 0 Å². The van der Waals surface area contributed by atoms with Crippen molar-refractivity contribution in [1.29, 1.82) is 0 Å². The number of aryl methyl sites for hydroxylation is 1. The average molecular weight is 323 g/mol. The van der Waals surface area contributed by atoms with Crippen LogP contribution in [0.15, 0.2) is 17.0 Å². The van der Waals surface area contributed by atoms with E-state index >= 15 is 0 Å². The van der Waals surface area contributed by atoms with Gasteiger partial charge in [0.15, 0.2) is 0 Å². The molecule has 0 amide bonds. The van der Waals surface area contributed by atoms with Gasteiger partial charge in [-0.1, -0.05) is 16.5 Å². The summed E-state index contributed by atoms with van der Waals surface area (Å²) in [5.74, 6) is 0. The Morgan fingerprint density at radius 3 is 2.35 bits per heavy atom. The molecule has 1 aromatic rings. The van der Waals surface area contributed by atoms with Crippen molar-refractivity contribution in [1.82, 2.24) is 4.89 Å². The van der Waals surface area contributed by atoms with Crippen LogP contribution in [-0.4, -0.2) is 18.9 Å². The number of sulfonamides is 1. The number of halogens is 1. The molecule has 0 saturated heterocycles. The lowest BCUT2D eigenvalue weighted by molar-refractivity contribution is -0.384. The van der Waals surface area contributed by atoms with Gasteiger partial charge in [0.25, 0.3) is 15.7 Å². The SMILES string of the molecule is Cc1cc(Cl)c([N+](=O)[O-])cc1S(=O)(=O)NOC(C)(C)C.